The Kier molecular flexibility index (Phi) is 20.5. The minimum atomic E-state index is -0.631. The number of rotatable bonds is 21. The summed E-state index contributed by atoms with van der Waals surface area (Å²) in [6.07, 6.45) is 15.4. The van der Waals surface area contributed by atoms with Crippen LogP contribution in [0, 0.1) is 5.92 Å². The molecule has 0 rings (SSSR count). The van der Waals surface area contributed by atoms with Crippen molar-refractivity contribution in [2.45, 2.75) is 110 Å². The van der Waals surface area contributed by atoms with E-state index in [1.807, 2.05) is 11.8 Å². The third kappa shape index (κ3) is 18.6. The third-order valence-corrected chi connectivity index (χ3v) is 6.18. The van der Waals surface area contributed by atoms with E-state index < -0.39 is 5.97 Å². The highest BCUT2D eigenvalue weighted by atomic mass is 32.2. The Hall–Kier alpha value is -0.710. The van der Waals surface area contributed by atoms with Gasteiger partial charge >= 0.3 is 11.9 Å². The monoisotopic (exact) mass is 416 g/mol. The lowest BCUT2D eigenvalue weighted by molar-refractivity contribution is -0.144. The first kappa shape index (κ1) is 27.3. The fourth-order valence-electron chi connectivity index (χ4n) is 3.18. The minimum Gasteiger partial charge on any atom is -0.481 e. The van der Waals surface area contributed by atoms with E-state index in [4.69, 9.17) is 4.74 Å². The van der Waals surface area contributed by atoms with Crippen LogP contribution in [0.3, 0.4) is 0 Å². The molecule has 0 aromatic rings. The van der Waals surface area contributed by atoms with Gasteiger partial charge in [0.15, 0.2) is 0 Å². The molecule has 1 N–H and O–H groups in total. The van der Waals surface area contributed by atoms with Gasteiger partial charge in [0.25, 0.3) is 0 Å². The minimum absolute atomic E-state index is 0.0651. The van der Waals surface area contributed by atoms with Crippen molar-refractivity contribution < 1.29 is 19.4 Å². The maximum atomic E-state index is 11.6. The number of hydrogen-bond donors (Lipinski definition) is 1. The Morgan fingerprint density at radius 3 is 2.07 bits per heavy atom. The van der Waals surface area contributed by atoms with Crippen molar-refractivity contribution in [3.8, 4) is 0 Å². The smallest absolute Gasteiger partial charge is 0.306 e. The number of esters is 1. The normalized spacial score (nSPS) is 12.1. The number of unbranched alkanes of at least 4 members (excludes halogenated alkanes) is 8. The highest BCUT2D eigenvalue weighted by Gasteiger charge is 2.16. The van der Waals surface area contributed by atoms with Crippen LogP contribution < -0.4 is 0 Å². The number of aliphatic carboxylic acids is 1. The first-order chi connectivity index (χ1) is 13.6. The molecular weight excluding hydrogens is 372 g/mol. The van der Waals surface area contributed by atoms with E-state index in [0.29, 0.717) is 13.0 Å². The molecule has 0 heterocycles. The topological polar surface area (TPSA) is 63.6 Å². The fraction of sp³-hybridized carbons (Fsp3) is 0.913. The molecule has 0 spiro atoms. The zero-order valence-electron chi connectivity index (χ0n) is 18.4. The third-order valence-electron chi connectivity index (χ3n) is 5.03. The molecule has 4 nitrogen and oxygen atoms in total. The van der Waals surface area contributed by atoms with Gasteiger partial charge in [0.2, 0.25) is 0 Å². The SMILES string of the molecule is CCCCCCCC(CCCSCCCCC(=O)OCCCCCC)C(=O)O. The molecule has 0 saturated carbocycles. The summed E-state index contributed by atoms with van der Waals surface area (Å²) in [6, 6.07) is 0. The lowest BCUT2D eigenvalue weighted by atomic mass is 9.96. The molecule has 0 radical (unpaired) electrons. The van der Waals surface area contributed by atoms with Crippen LogP contribution >= 0.6 is 11.8 Å². The number of carboxylic acids is 1. The molecule has 0 fully saturated rings. The van der Waals surface area contributed by atoms with E-state index in [1.165, 1.54) is 32.1 Å². The average molecular weight is 417 g/mol. The van der Waals surface area contributed by atoms with Crippen LogP contribution in [0.4, 0.5) is 0 Å². The van der Waals surface area contributed by atoms with E-state index >= 15 is 0 Å². The molecule has 0 aromatic carbocycles. The Labute approximate surface area is 177 Å². The number of ether oxygens (including phenoxy) is 1. The second kappa shape index (κ2) is 21.0. The molecule has 0 aliphatic carbocycles. The van der Waals surface area contributed by atoms with Crippen LogP contribution in [0.2, 0.25) is 0 Å². The Morgan fingerprint density at radius 2 is 1.39 bits per heavy atom. The summed E-state index contributed by atoms with van der Waals surface area (Å²) in [7, 11) is 0. The van der Waals surface area contributed by atoms with E-state index in [-0.39, 0.29) is 11.9 Å². The Bertz CT molecular complexity index is 374. The number of carboxylic acid groups (broad SMARTS) is 1. The van der Waals surface area contributed by atoms with Gasteiger partial charge in [0.1, 0.15) is 0 Å². The quantitative estimate of drug-likeness (QED) is 0.164. The fourth-order valence-corrected chi connectivity index (χ4v) is 4.16. The van der Waals surface area contributed by atoms with Crippen molar-refractivity contribution >= 4 is 23.7 Å². The van der Waals surface area contributed by atoms with Gasteiger partial charge in [-0.05, 0) is 50.0 Å². The van der Waals surface area contributed by atoms with Gasteiger partial charge in [0, 0.05) is 6.42 Å². The van der Waals surface area contributed by atoms with Gasteiger partial charge in [-0.3, -0.25) is 9.59 Å². The molecule has 0 bridgehead atoms. The van der Waals surface area contributed by atoms with Gasteiger partial charge in [-0.15, -0.1) is 0 Å². The number of carbonyl (C=O) groups is 2. The molecule has 166 valence electrons. The summed E-state index contributed by atoms with van der Waals surface area (Å²) in [6.45, 7) is 4.93. The van der Waals surface area contributed by atoms with Crippen LogP contribution in [-0.4, -0.2) is 35.2 Å². The first-order valence-electron chi connectivity index (χ1n) is 11.6. The Morgan fingerprint density at radius 1 is 0.786 bits per heavy atom. The number of carbonyl (C=O) groups excluding carboxylic acids is 1. The van der Waals surface area contributed by atoms with Gasteiger partial charge in [-0.1, -0.05) is 65.2 Å². The predicted octanol–water partition coefficient (Wildman–Crippen LogP) is 6.85. The molecule has 0 aliphatic rings. The van der Waals surface area contributed by atoms with Crippen LogP contribution in [-0.2, 0) is 14.3 Å². The highest BCUT2D eigenvalue weighted by molar-refractivity contribution is 7.99. The van der Waals surface area contributed by atoms with Crippen molar-refractivity contribution in [2.24, 2.45) is 5.92 Å². The van der Waals surface area contributed by atoms with E-state index in [9.17, 15) is 14.7 Å². The van der Waals surface area contributed by atoms with Gasteiger partial charge in [-0.2, -0.15) is 11.8 Å². The van der Waals surface area contributed by atoms with Gasteiger partial charge in [0.05, 0.1) is 12.5 Å². The van der Waals surface area contributed by atoms with Gasteiger partial charge < -0.3 is 9.84 Å². The summed E-state index contributed by atoms with van der Waals surface area (Å²) in [5.74, 6) is 1.19. The summed E-state index contributed by atoms with van der Waals surface area (Å²) in [5.41, 5.74) is 0. The van der Waals surface area contributed by atoms with E-state index in [1.54, 1.807) is 0 Å². The van der Waals surface area contributed by atoms with Crippen molar-refractivity contribution in [3.05, 3.63) is 0 Å². The second-order valence-electron chi connectivity index (χ2n) is 7.73. The number of hydrogen-bond acceptors (Lipinski definition) is 4. The lowest BCUT2D eigenvalue weighted by Gasteiger charge is -2.12. The molecule has 28 heavy (non-hydrogen) atoms. The standard InChI is InChI=1S/C23H44O4S/c1-3-5-7-9-10-15-21(23(25)26)16-14-20-28-19-13-11-17-22(24)27-18-12-8-6-4-2/h21H,3-20H2,1-2H3,(H,25,26). The maximum absolute atomic E-state index is 11.6. The zero-order valence-corrected chi connectivity index (χ0v) is 19.2. The van der Waals surface area contributed by atoms with Crippen molar-refractivity contribution in [3.63, 3.8) is 0 Å². The molecule has 0 amide bonds. The summed E-state index contributed by atoms with van der Waals surface area (Å²) in [4.78, 5) is 23.0. The van der Waals surface area contributed by atoms with Gasteiger partial charge in [-0.25, -0.2) is 0 Å². The molecule has 5 heteroatoms. The predicted molar refractivity (Wildman–Crippen MR) is 120 cm³/mol. The maximum Gasteiger partial charge on any atom is 0.306 e. The van der Waals surface area contributed by atoms with E-state index in [0.717, 1.165) is 69.3 Å². The molecule has 0 saturated heterocycles. The molecule has 1 unspecified atom stereocenters. The molecular formula is C23H44O4S. The first-order valence-corrected chi connectivity index (χ1v) is 12.7. The largest absolute Gasteiger partial charge is 0.481 e. The molecule has 0 aliphatic heterocycles. The highest BCUT2D eigenvalue weighted by Crippen LogP contribution is 2.19. The van der Waals surface area contributed by atoms with Crippen molar-refractivity contribution in [1.82, 2.24) is 0 Å². The Balaban J connectivity index is 3.50. The van der Waals surface area contributed by atoms with Crippen LogP contribution in [0.15, 0.2) is 0 Å². The number of thioether (sulfide) groups is 1. The summed E-state index contributed by atoms with van der Waals surface area (Å²) >= 11 is 1.88. The molecule has 1 atom stereocenters. The lowest BCUT2D eigenvalue weighted by Crippen LogP contribution is -2.14. The average Bonchev–Trinajstić information content (AvgIpc) is 2.67. The van der Waals surface area contributed by atoms with Crippen LogP contribution in [0.5, 0.6) is 0 Å². The van der Waals surface area contributed by atoms with E-state index in [2.05, 4.69) is 13.8 Å². The summed E-state index contributed by atoms with van der Waals surface area (Å²) in [5, 5.41) is 9.35. The van der Waals surface area contributed by atoms with Crippen molar-refractivity contribution in [2.75, 3.05) is 18.1 Å². The second-order valence-corrected chi connectivity index (χ2v) is 8.96. The van der Waals surface area contributed by atoms with Crippen molar-refractivity contribution in [1.29, 1.82) is 0 Å². The zero-order chi connectivity index (χ0) is 20.9. The molecule has 0 aromatic heterocycles. The van der Waals surface area contributed by atoms with Crippen LogP contribution in [0.25, 0.3) is 0 Å². The summed E-state index contributed by atoms with van der Waals surface area (Å²) < 4.78 is 5.23. The van der Waals surface area contributed by atoms with Crippen LogP contribution in [0.1, 0.15) is 110 Å².